The van der Waals surface area contributed by atoms with Crippen LogP contribution in [0.4, 0.5) is 0 Å². The lowest BCUT2D eigenvalue weighted by Crippen LogP contribution is -2.11. The highest BCUT2D eigenvalue weighted by atomic mass is 79.9. The molecule has 0 amide bonds. The molecule has 2 aromatic rings. The second-order valence-electron chi connectivity index (χ2n) is 4.49. The van der Waals surface area contributed by atoms with Gasteiger partial charge in [0, 0.05) is 11.4 Å². The summed E-state index contributed by atoms with van der Waals surface area (Å²) >= 11 is 5.14. The van der Waals surface area contributed by atoms with Crippen molar-refractivity contribution in [1.29, 1.82) is 0 Å². The van der Waals surface area contributed by atoms with Crippen LogP contribution < -0.4 is 14.8 Å². The first kappa shape index (κ1) is 16.3. The second-order valence-corrected chi connectivity index (χ2v) is 7.04. The van der Waals surface area contributed by atoms with Crippen molar-refractivity contribution < 1.29 is 9.47 Å². The summed E-state index contributed by atoms with van der Waals surface area (Å²) in [5.41, 5.74) is 1.20. The predicted molar refractivity (Wildman–Crippen MR) is 91.3 cm³/mol. The molecular formula is C16H20BrNO2S. The molecule has 21 heavy (non-hydrogen) atoms. The summed E-state index contributed by atoms with van der Waals surface area (Å²) in [6.07, 6.45) is 0. The molecule has 1 aromatic carbocycles. The van der Waals surface area contributed by atoms with Gasteiger partial charge in [-0.05, 0) is 59.2 Å². The third kappa shape index (κ3) is 5.02. The molecule has 1 aromatic heterocycles. The Kier molecular flexibility index (Phi) is 6.54. The zero-order valence-electron chi connectivity index (χ0n) is 12.3. The molecule has 1 N–H and O–H groups in total. The van der Waals surface area contributed by atoms with Gasteiger partial charge in [0.1, 0.15) is 6.61 Å². The molecule has 0 atom stereocenters. The normalized spacial score (nSPS) is 10.6. The van der Waals surface area contributed by atoms with Crippen molar-refractivity contribution in [2.75, 3.05) is 13.2 Å². The minimum Gasteiger partial charge on any atom is -0.490 e. The van der Waals surface area contributed by atoms with Crippen LogP contribution in [0.15, 0.2) is 34.1 Å². The van der Waals surface area contributed by atoms with Crippen molar-refractivity contribution in [2.45, 2.75) is 27.0 Å². The maximum absolute atomic E-state index is 5.89. The highest BCUT2D eigenvalue weighted by Crippen LogP contribution is 2.30. The molecule has 0 saturated carbocycles. The fourth-order valence-corrected chi connectivity index (χ4v) is 3.29. The first-order valence-electron chi connectivity index (χ1n) is 7.06. The number of hydrogen-bond donors (Lipinski definition) is 1. The van der Waals surface area contributed by atoms with Crippen LogP contribution in [0.3, 0.4) is 0 Å². The van der Waals surface area contributed by atoms with Gasteiger partial charge in [0.2, 0.25) is 0 Å². The lowest BCUT2D eigenvalue weighted by Gasteiger charge is -2.13. The Morgan fingerprint density at radius 2 is 1.95 bits per heavy atom. The van der Waals surface area contributed by atoms with Gasteiger partial charge in [0.05, 0.1) is 10.4 Å². The maximum atomic E-state index is 5.89. The molecular weight excluding hydrogens is 350 g/mol. The molecule has 0 saturated heterocycles. The Morgan fingerprint density at radius 3 is 2.62 bits per heavy atom. The van der Waals surface area contributed by atoms with Gasteiger partial charge in [0.25, 0.3) is 0 Å². The van der Waals surface area contributed by atoms with Crippen molar-refractivity contribution in [2.24, 2.45) is 0 Å². The number of halogens is 1. The van der Waals surface area contributed by atoms with E-state index in [-0.39, 0.29) is 0 Å². The summed E-state index contributed by atoms with van der Waals surface area (Å²) < 4.78 is 12.7. The van der Waals surface area contributed by atoms with E-state index >= 15 is 0 Å². The summed E-state index contributed by atoms with van der Waals surface area (Å²) in [4.78, 5) is 1.18. The minimum atomic E-state index is 0.558. The van der Waals surface area contributed by atoms with Crippen molar-refractivity contribution >= 4 is 27.3 Å². The summed E-state index contributed by atoms with van der Waals surface area (Å²) in [5.74, 6) is 1.60. The Morgan fingerprint density at radius 1 is 1.10 bits per heavy atom. The predicted octanol–water partition coefficient (Wildman–Crippen LogP) is 4.60. The largest absolute Gasteiger partial charge is 0.490 e. The van der Waals surface area contributed by atoms with Crippen molar-refractivity contribution in [3.63, 3.8) is 0 Å². The highest BCUT2D eigenvalue weighted by Gasteiger charge is 2.07. The Bertz CT molecular complexity index is 571. The van der Waals surface area contributed by atoms with Crippen LogP contribution in [0, 0.1) is 0 Å². The molecule has 0 bridgehead atoms. The zero-order valence-corrected chi connectivity index (χ0v) is 14.7. The van der Waals surface area contributed by atoms with E-state index in [1.165, 1.54) is 10.4 Å². The molecule has 2 rings (SSSR count). The van der Waals surface area contributed by atoms with E-state index in [9.17, 15) is 0 Å². The first-order valence-corrected chi connectivity index (χ1v) is 8.67. The van der Waals surface area contributed by atoms with Crippen LogP contribution >= 0.6 is 27.3 Å². The SMILES string of the molecule is CCNCc1ccc(OCc2ccc(Br)s2)c(OCC)c1. The Balaban J connectivity index is 2.06. The quantitative estimate of drug-likeness (QED) is 0.737. The molecule has 0 aliphatic carbocycles. The van der Waals surface area contributed by atoms with Crippen LogP contribution in [0.1, 0.15) is 24.3 Å². The molecule has 0 radical (unpaired) electrons. The molecule has 0 unspecified atom stereocenters. The van der Waals surface area contributed by atoms with Crippen LogP contribution in [0.5, 0.6) is 11.5 Å². The molecule has 3 nitrogen and oxygen atoms in total. The lowest BCUT2D eigenvalue weighted by atomic mass is 10.2. The topological polar surface area (TPSA) is 30.5 Å². The third-order valence-corrected chi connectivity index (χ3v) is 4.48. The molecule has 0 spiro atoms. The van der Waals surface area contributed by atoms with Crippen LogP contribution in [-0.2, 0) is 13.2 Å². The molecule has 5 heteroatoms. The van der Waals surface area contributed by atoms with Gasteiger partial charge in [-0.2, -0.15) is 0 Å². The number of hydrogen-bond acceptors (Lipinski definition) is 4. The molecule has 0 aliphatic heterocycles. The van der Waals surface area contributed by atoms with E-state index in [2.05, 4.69) is 40.3 Å². The van der Waals surface area contributed by atoms with E-state index in [1.54, 1.807) is 11.3 Å². The number of benzene rings is 1. The molecule has 0 fully saturated rings. The first-order chi connectivity index (χ1) is 10.2. The third-order valence-electron chi connectivity index (χ3n) is 2.89. The smallest absolute Gasteiger partial charge is 0.161 e. The summed E-state index contributed by atoms with van der Waals surface area (Å²) in [7, 11) is 0. The fourth-order valence-electron chi connectivity index (χ4n) is 1.90. The van der Waals surface area contributed by atoms with Gasteiger partial charge in [-0.1, -0.05) is 13.0 Å². The van der Waals surface area contributed by atoms with Gasteiger partial charge >= 0.3 is 0 Å². The Hall–Kier alpha value is -1.04. The van der Waals surface area contributed by atoms with E-state index in [0.29, 0.717) is 13.2 Å². The standard InChI is InChI=1S/C16H20BrNO2S/c1-3-18-10-12-5-7-14(15(9-12)19-4-2)20-11-13-6-8-16(17)21-13/h5-9,18H,3-4,10-11H2,1-2H3. The van der Waals surface area contributed by atoms with E-state index in [0.717, 1.165) is 28.4 Å². The van der Waals surface area contributed by atoms with E-state index in [1.807, 2.05) is 25.1 Å². The average Bonchev–Trinajstić information content (AvgIpc) is 2.90. The van der Waals surface area contributed by atoms with Crippen LogP contribution in [-0.4, -0.2) is 13.2 Å². The van der Waals surface area contributed by atoms with Gasteiger partial charge in [0.15, 0.2) is 11.5 Å². The average molecular weight is 370 g/mol. The van der Waals surface area contributed by atoms with Gasteiger partial charge in [-0.15, -0.1) is 11.3 Å². The monoisotopic (exact) mass is 369 g/mol. The summed E-state index contributed by atoms with van der Waals surface area (Å²) in [6.45, 7) is 7.07. The fraction of sp³-hybridized carbons (Fsp3) is 0.375. The van der Waals surface area contributed by atoms with E-state index < -0.39 is 0 Å². The number of thiophene rings is 1. The van der Waals surface area contributed by atoms with Gasteiger partial charge in [-0.3, -0.25) is 0 Å². The summed E-state index contributed by atoms with van der Waals surface area (Å²) in [5, 5.41) is 3.31. The second kappa shape index (κ2) is 8.41. The molecule has 0 aliphatic rings. The Labute approximate surface area is 138 Å². The number of ether oxygens (including phenoxy) is 2. The highest BCUT2D eigenvalue weighted by molar-refractivity contribution is 9.11. The van der Waals surface area contributed by atoms with Crippen LogP contribution in [0.2, 0.25) is 0 Å². The molecule has 114 valence electrons. The van der Waals surface area contributed by atoms with Crippen molar-refractivity contribution in [1.82, 2.24) is 5.32 Å². The van der Waals surface area contributed by atoms with E-state index in [4.69, 9.17) is 9.47 Å². The van der Waals surface area contributed by atoms with Crippen molar-refractivity contribution in [3.05, 3.63) is 44.6 Å². The zero-order chi connectivity index (χ0) is 15.1. The van der Waals surface area contributed by atoms with Crippen LogP contribution in [0.25, 0.3) is 0 Å². The number of rotatable bonds is 8. The van der Waals surface area contributed by atoms with Gasteiger partial charge in [-0.25, -0.2) is 0 Å². The summed E-state index contributed by atoms with van der Waals surface area (Å²) in [6, 6.07) is 10.2. The lowest BCUT2D eigenvalue weighted by molar-refractivity contribution is 0.271. The minimum absolute atomic E-state index is 0.558. The number of nitrogens with one attached hydrogen (secondary N) is 1. The van der Waals surface area contributed by atoms with Crippen molar-refractivity contribution in [3.8, 4) is 11.5 Å². The van der Waals surface area contributed by atoms with Gasteiger partial charge < -0.3 is 14.8 Å². The molecule has 1 heterocycles. The maximum Gasteiger partial charge on any atom is 0.161 e.